The highest BCUT2D eigenvalue weighted by Crippen LogP contribution is 2.26. The van der Waals surface area contributed by atoms with E-state index in [0.717, 1.165) is 28.0 Å². The molecule has 0 fully saturated rings. The van der Waals surface area contributed by atoms with Gasteiger partial charge in [0.05, 0.1) is 12.8 Å². The van der Waals surface area contributed by atoms with Crippen molar-refractivity contribution in [3.05, 3.63) is 94.0 Å². The Morgan fingerprint density at radius 1 is 0.964 bits per heavy atom. The summed E-state index contributed by atoms with van der Waals surface area (Å²) in [6.45, 7) is 3.47. The van der Waals surface area contributed by atoms with Gasteiger partial charge in [0.1, 0.15) is 5.75 Å². The number of hydrogen-bond acceptors (Lipinski definition) is 2. The van der Waals surface area contributed by atoms with Gasteiger partial charge in [0.15, 0.2) is 5.11 Å². The second kappa shape index (κ2) is 9.71. The van der Waals surface area contributed by atoms with Crippen molar-refractivity contribution in [1.82, 2.24) is 4.90 Å². The maximum absolute atomic E-state index is 5.77. The lowest BCUT2D eigenvalue weighted by atomic mass is 10.1. The molecule has 5 heteroatoms. The molecule has 3 rings (SSSR count). The van der Waals surface area contributed by atoms with E-state index >= 15 is 0 Å². The monoisotopic (exact) mass is 454 g/mol. The predicted octanol–water partition coefficient (Wildman–Crippen LogP) is 6.17. The average Bonchev–Trinajstić information content (AvgIpc) is 2.71. The largest absolute Gasteiger partial charge is 0.495 e. The fourth-order valence-corrected chi connectivity index (χ4v) is 3.41. The van der Waals surface area contributed by atoms with E-state index in [1.807, 2.05) is 43.3 Å². The maximum Gasteiger partial charge on any atom is 0.174 e. The van der Waals surface area contributed by atoms with Crippen molar-refractivity contribution in [1.29, 1.82) is 0 Å². The van der Waals surface area contributed by atoms with Gasteiger partial charge in [0.25, 0.3) is 0 Å². The van der Waals surface area contributed by atoms with Gasteiger partial charge in [-0.1, -0.05) is 64.5 Å². The second-order valence-corrected chi connectivity index (χ2v) is 7.90. The van der Waals surface area contributed by atoms with Crippen molar-refractivity contribution in [3.63, 3.8) is 0 Å². The first-order valence-corrected chi connectivity index (χ1v) is 10.2. The number of methoxy groups -OCH3 is 1. The van der Waals surface area contributed by atoms with Gasteiger partial charge in [0, 0.05) is 17.6 Å². The molecule has 28 heavy (non-hydrogen) atoms. The van der Waals surface area contributed by atoms with Gasteiger partial charge in [0.2, 0.25) is 0 Å². The van der Waals surface area contributed by atoms with Crippen LogP contribution in [0.2, 0.25) is 0 Å². The van der Waals surface area contributed by atoms with Crippen LogP contribution < -0.4 is 10.1 Å². The van der Waals surface area contributed by atoms with E-state index in [1.165, 1.54) is 11.1 Å². The molecule has 0 spiro atoms. The summed E-state index contributed by atoms with van der Waals surface area (Å²) in [4.78, 5) is 2.16. The first-order valence-electron chi connectivity index (χ1n) is 9.04. The van der Waals surface area contributed by atoms with Crippen molar-refractivity contribution in [2.24, 2.45) is 0 Å². The third kappa shape index (κ3) is 5.57. The number of anilines is 1. The number of halogens is 1. The number of rotatable bonds is 6. The Kier molecular flexibility index (Phi) is 7.06. The van der Waals surface area contributed by atoms with Crippen LogP contribution >= 0.6 is 28.1 Å². The molecular formula is C23H23BrN2OS. The van der Waals surface area contributed by atoms with Crippen LogP contribution in [0, 0.1) is 6.92 Å². The summed E-state index contributed by atoms with van der Waals surface area (Å²) in [5.41, 5.74) is 4.41. The molecule has 0 aliphatic rings. The van der Waals surface area contributed by atoms with Gasteiger partial charge in [-0.15, -0.1) is 0 Å². The SMILES string of the molecule is COc1cc(C)ccc1NC(=S)N(Cc1ccccc1)Cc1ccc(Br)cc1. The van der Waals surface area contributed by atoms with Crippen LogP contribution in [0.25, 0.3) is 0 Å². The van der Waals surface area contributed by atoms with Crippen LogP contribution in [0.15, 0.2) is 77.3 Å². The second-order valence-electron chi connectivity index (χ2n) is 6.60. The highest BCUT2D eigenvalue weighted by molar-refractivity contribution is 9.10. The standard InChI is InChI=1S/C23H23BrN2OS/c1-17-8-13-21(22(14-17)27-2)25-23(28)26(15-18-6-4-3-5-7-18)16-19-9-11-20(24)12-10-19/h3-14H,15-16H2,1-2H3,(H,25,28). The lowest BCUT2D eigenvalue weighted by Gasteiger charge is -2.27. The number of hydrogen-bond donors (Lipinski definition) is 1. The zero-order chi connectivity index (χ0) is 19.9. The normalized spacial score (nSPS) is 10.4. The van der Waals surface area contributed by atoms with Gasteiger partial charge >= 0.3 is 0 Å². The van der Waals surface area contributed by atoms with Crippen LogP contribution in [-0.2, 0) is 13.1 Å². The Bertz CT molecular complexity index is 929. The Labute approximate surface area is 180 Å². The van der Waals surface area contributed by atoms with Gasteiger partial charge in [-0.3, -0.25) is 0 Å². The van der Waals surface area contributed by atoms with Crippen molar-refractivity contribution < 1.29 is 4.74 Å². The summed E-state index contributed by atoms with van der Waals surface area (Å²) < 4.78 is 6.58. The number of thiocarbonyl (C=S) groups is 1. The molecule has 0 aliphatic heterocycles. The van der Waals surface area contributed by atoms with Crippen LogP contribution in [0.1, 0.15) is 16.7 Å². The van der Waals surface area contributed by atoms with E-state index in [9.17, 15) is 0 Å². The number of ether oxygens (including phenoxy) is 1. The fraction of sp³-hybridized carbons (Fsp3) is 0.174. The average molecular weight is 455 g/mol. The quantitative estimate of drug-likeness (QED) is 0.450. The van der Waals surface area contributed by atoms with E-state index in [0.29, 0.717) is 11.7 Å². The van der Waals surface area contributed by atoms with Crippen LogP contribution in [0.3, 0.4) is 0 Å². The molecule has 0 heterocycles. The Hall–Kier alpha value is -2.37. The molecule has 0 aromatic heterocycles. The number of benzene rings is 3. The van der Waals surface area contributed by atoms with Crippen LogP contribution in [0.4, 0.5) is 5.69 Å². The minimum absolute atomic E-state index is 0.661. The third-order valence-corrected chi connectivity index (χ3v) is 5.28. The first kappa shape index (κ1) is 20.4. The van der Waals surface area contributed by atoms with Crippen molar-refractivity contribution in [2.75, 3.05) is 12.4 Å². The topological polar surface area (TPSA) is 24.5 Å². The summed E-state index contributed by atoms with van der Waals surface area (Å²) in [5, 5.41) is 4.02. The zero-order valence-corrected chi connectivity index (χ0v) is 18.4. The molecule has 0 amide bonds. The molecule has 0 radical (unpaired) electrons. The molecule has 3 nitrogen and oxygen atoms in total. The molecule has 0 aliphatic carbocycles. The molecule has 0 saturated heterocycles. The minimum atomic E-state index is 0.661. The summed E-state index contributed by atoms with van der Waals surface area (Å²) in [7, 11) is 1.67. The smallest absolute Gasteiger partial charge is 0.174 e. The van der Waals surface area contributed by atoms with Crippen LogP contribution in [-0.4, -0.2) is 17.1 Å². The highest BCUT2D eigenvalue weighted by Gasteiger charge is 2.14. The number of aryl methyl sites for hydroxylation is 1. The van der Waals surface area contributed by atoms with Gasteiger partial charge in [-0.2, -0.15) is 0 Å². The molecule has 0 bridgehead atoms. The molecule has 0 atom stereocenters. The van der Waals surface area contributed by atoms with Crippen molar-refractivity contribution in [3.8, 4) is 5.75 Å². The molecule has 1 N–H and O–H groups in total. The van der Waals surface area contributed by atoms with Crippen molar-refractivity contribution in [2.45, 2.75) is 20.0 Å². The predicted molar refractivity (Wildman–Crippen MR) is 124 cm³/mol. The van der Waals surface area contributed by atoms with Gasteiger partial charge < -0.3 is 15.0 Å². The van der Waals surface area contributed by atoms with E-state index in [2.05, 4.69) is 62.5 Å². The molecule has 0 unspecified atom stereocenters. The summed E-state index contributed by atoms with van der Waals surface area (Å²) >= 11 is 9.27. The maximum atomic E-state index is 5.77. The first-order chi connectivity index (χ1) is 13.5. The van der Waals surface area contributed by atoms with E-state index in [4.69, 9.17) is 17.0 Å². The minimum Gasteiger partial charge on any atom is -0.495 e. The molecule has 0 saturated carbocycles. The number of nitrogens with one attached hydrogen (secondary N) is 1. The van der Waals surface area contributed by atoms with Crippen LogP contribution in [0.5, 0.6) is 5.75 Å². The number of nitrogens with zero attached hydrogens (tertiary/aromatic N) is 1. The third-order valence-electron chi connectivity index (χ3n) is 4.39. The molecular weight excluding hydrogens is 432 g/mol. The molecule has 3 aromatic rings. The lowest BCUT2D eigenvalue weighted by Crippen LogP contribution is -2.34. The van der Waals surface area contributed by atoms with Gasteiger partial charge in [-0.05, 0) is 60.1 Å². The Balaban J connectivity index is 1.82. The summed E-state index contributed by atoms with van der Waals surface area (Å²) in [6.07, 6.45) is 0. The summed E-state index contributed by atoms with van der Waals surface area (Å²) in [5.74, 6) is 0.783. The Morgan fingerprint density at radius 2 is 1.61 bits per heavy atom. The fourth-order valence-electron chi connectivity index (χ4n) is 2.91. The lowest BCUT2D eigenvalue weighted by molar-refractivity contribution is 0.409. The van der Waals surface area contributed by atoms with Crippen molar-refractivity contribution >= 4 is 38.9 Å². The molecule has 144 valence electrons. The van der Waals surface area contributed by atoms with E-state index < -0.39 is 0 Å². The van der Waals surface area contributed by atoms with Gasteiger partial charge in [-0.25, -0.2) is 0 Å². The zero-order valence-electron chi connectivity index (χ0n) is 16.0. The van der Waals surface area contributed by atoms with E-state index in [1.54, 1.807) is 7.11 Å². The summed E-state index contributed by atoms with van der Waals surface area (Å²) in [6, 6.07) is 24.7. The molecule has 3 aromatic carbocycles. The Morgan fingerprint density at radius 3 is 2.25 bits per heavy atom. The highest BCUT2D eigenvalue weighted by atomic mass is 79.9. The van der Waals surface area contributed by atoms with E-state index in [-0.39, 0.29) is 0 Å².